The Kier molecular flexibility index (Phi) is 5.67. The largest absolute Gasteiger partial charge is 0.416 e. The van der Waals surface area contributed by atoms with E-state index in [4.69, 9.17) is 0 Å². The minimum Gasteiger partial charge on any atom is -0.317 e. The smallest absolute Gasteiger partial charge is 0.317 e. The first kappa shape index (κ1) is 26.4. The molecule has 15 heteroatoms. The number of pyridine rings is 1. The fourth-order valence-corrected chi connectivity index (χ4v) is 5.78. The summed E-state index contributed by atoms with van der Waals surface area (Å²) in [6, 6.07) is 4.55. The number of anilines is 2. The van der Waals surface area contributed by atoms with Gasteiger partial charge in [-0.25, -0.2) is 14.5 Å². The van der Waals surface area contributed by atoms with Crippen LogP contribution in [0.4, 0.5) is 47.3 Å². The van der Waals surface area contributed by atoms with Crippen molar-refractivity contribution in [3.63, 3.8) is 0 Å². The second-order valence-corrected chi connectivity index (χ2v) is 9.79. The van der Waals surface area contributed by atoms with Gasteiger partial charge in [0.15, 0.2) is 0 Å². The first-order valence-electron chi connectivity index (χ1n) is 12.1. The molecule has 3 atom stereocenters. The van der Waals surface area contributed by atoms with Crippen LogP contribution in [0, 0.1) is 11.3 Å². The molecule has 2 aromatic carbocycles. The van der Waals surface area contributed by atoms with E-state index in [0.717, 1.165) is 9.80 Å². The van der Waals surface area contributed by atoms with E-state index in [1.54, 1.807) is 12.1 Å². The molecule has 3 aromatic rings. The zero-order valence-corrected chi connectivity index (χ0v) is 20.5. The molecular formula is C26H16F6N6O3. The van der Waals surface area contributed by atoms with Gasteiger partial charge in [0.1, 0.15) is 12.1 Å². The van der Waals surface area contributed by atoms with E-state index in [-0.39, 0.29) is 35.8 Å². The van der Waals surface area contributed by atoms with Gasteiger partial charge in [0.2, 0.25) is 0 Å². The number of hydrogen-bond donors (Lipinski definition) is 1. The second-order valence-electron chi connectivity index (χ2n) is 9.79. The first-order valence-corrected chi connectivity index (χ1v) is 12.1. The molecule has 3 aliphatic rings. The number of hydrogen-bond acceptors (Lipinski definition) is 5. The lowest BCUT2D eigenvalue weighted by Gasteiger charge is -2.34. The third-order valence-electron chi connectivity index (χ3n) is 7.47. The number of piperazine rings is 1. The molecule has 0 saturated carbocycles. The Hall–Kier alpha value is -4.87. The third-order valence-corrected chi connectivity index (χ3v) is 7.47. The van der Waals surface area contributed by atoms with E-state index in [1.165, 1.54) is 23.2 Å². The number of nitriles is 1. The number of nitrogens with zero attached hydrogens (tertiary/aromatic N) is 5. The predicted molar refractivity (Wildman–Crippen MR) is 129 cm³/mol. The van der Waals surface area contributed by atoms with Crippen molar-refractivity contribution in [1.29, 1.82) is 5.26 Å². The van der Waals surface area contributed by atoms with Crippen LogP contribution < -0.4 is 10.2 Å². The molecule has 6 rings (SSSR count). The Bertz CT molecular complexity index is 1650. The Labute approximate surface area is 226 Å². The quantitative estimate of drug-likeness (QED) is 0.344. The summed E-state index contributed by atoms with van der Waals surface area (Å²) in [5.74, 6) is -0.659. The van der Waals surface area contributed by atoms with Crippen molar-refractivity contribution in [2.75, 3.05) is 16.8 Å². The lowest BCUT2D eigenvalue weighted by Crippen LogP contribution is -2.55. The summed E-state index contributed by atoms with van der Waals surface area (Å²) < 4.78 is 79.5. The molecule has 210 valence electrons. The van der Waals surface area contributed by atoms with Gasteiger partial charge in [0.05, 0.1) is 40.0 Å². The zero-order valence-electron chi connectivity index (χ0n) is 20.5. The Morgan fingerprint density at radius 1 is 1.02 bits per heavy atom. The maximum absolute atomic E-state index is 13.6. The van der Waals surface area contributed by atoms with Gasteiger partial charge >= 0.3 is 24.4 Å². The number of halogens is 6. The summed E-state index contributed by atoms with van der Waals surface area (Å²) in [5, 5.41) is 11.9. The van der Waals surface area contributed by atoms with Crippen LogP contribution in [0.1, 0.15) is 23.1 Å². The van der Waals surface area contributed by atoms with Gasteiger partial charge in [-0.2, -0.15) is 31.6 Å². The normalized spacial score (nSPS) is 22.0. The zero-order chi connectivity index (χ0) is 29.4. The molecule has 0 radical (unpaired) electrons. The summed E-state index contributed by atoms with van der Waals surface area (Å²) in [5.41, 5.74) is -3.20. The number of likely N-dealkylation sites (tertiary alicyclic amines) is 1. The van der Waals surface area contributed by atoms with E-state index in [1.807, 2.05) is 6.07 Å². The standard InChI is InChI=1S/C26H16F6N6O3/c27-25(28,29)13-6-14(26(30,31)32)8-15(7-13)35-23(40)36-11-16-9-19(36)21-22(39)38(24(41)37(16)21)18-4-3-12(10-33)20-17(18)2-1-5-34-20/h1-8,16,19,21H,9,11H2,(H,35,40). The Balaban J connectivity index is 1.29. The summed E-state index contributed by atoms with van der Waals surface area (Å²) in [6.07, 6.45) is -8.54. The highest BCUT2D eigenvalue weighted by Gasteiger charge is 2.63. The van der Waals surface area contributed by atoms with Crippen LogP contribution in [-0.2, 0) is 17.1 Å². The fourth-order valence-electron chi connectivity index (χ4n) is 5.78. The topological polar surface area (TPSA) is 110 Å². The number of amides is 5. The van der Waals surface area contributed by atoms with E-state index >= 15 is 0 Å². The second kappa shape index (κ2) is 8.82. The maximum atomic E-state index is 13.6. The van der Waals surface area contributed by atoms with Crippen molar-refractivity contribution in [3.05, 3.63) is 65.4 Å². The van der Waals surface area contributed by atoms with Crippen molar-refractivity contribution in [3.8, 4) is 6.07 Å². The molecule has 4 heterocycles. The molecule has 1 N–H and O–H groups in total. The molecule has 0 spiro atoms. The van der Waals surface area contributed by atoms with E-state index in [0.29, 0.717) is 17.5 Å². The van der Waals surface area contributed by atoms with Crippen molar-refractivity contribution in [2.45, 2.75) is 36.9 Å². The molecular weight excluding hydrogens is 558 g/mol. The van der Waals surface area contributed by atoms with E-state index in [2.05, 4.69) is 10.3 Å². The SMILES string of the molecule is N#Cc1ccc(N2C(=O)C3C4CC(CN4C(=O)Nc4cc(C(F)(F)F)cc(C(F)(F)F)c4)N3C2=O)c2cccnc12. The number of carbonyl (C=O) groups is 3. The molecule has 3 saturated heterocycles. The van der Waals surface area contributed by atoms with Crippen molar-refractivity contribution in [2.24, 2.45) is 0 Å². The van der Waals surface area contributed by atoms with Gasteiger partial charge in [0, 0.05) is 23.8 Å². The molecule has 3 aliphatic heterocycles. The van der Waals surface area contributed by atoms with Gasteiger partial charge in [-0.3, -0.25) is 9.78 Å². The molecule has 9 nitrogen and oxygen atoms in total. The van der Waals surface area contributed by atoms with Gasteiger partial charge in [-0.05, 0) is 48.9 Å². The fraction of sp³-hybridized carbons (Fsp3) is 0.269. The molecule has 3 unspecified atom stereocenters. The minimum atomic E-state index is -5.10. The van der Waals surface area contributed by atoms with Crippen LogP contribution in [0.25, 0.3) is 10.9 Å². The number of rotatable bonds is 2. The highest BCUT2D eigenvalue weighted by atomic mass is 19.4. The molecule has 5 amide bonds. The molecule has 41 heavy (non-hydrogen) atoms. The van der Waals surface area contributed by atoms with Crippen LogP contribution in [0.3, 0.4) is 0 Å². The van der Waals surface area contributed by atoms with Gasteiger partial charge in [0.25, 0.3) is 5.91 Å². The number of urea groups is 2. The highest BCUT2D eigenvalue weighted by Crippen LogP contribution is 2.44. The highest BCUT2D eigenvalue weighted by molar-refractivity contribution is 6.25. The van der Waals surface area contributed by atoms with Crippen LogP contribution in [0.5, 0.6) is 0 Å². The van der Waals surface area contributed by atoms with E-state index < -0.39 is 65.3 Å². The van der Waals surface area contributed by atoms with Crippen LogP contribution >= 0.6 is 0 Å². The average molecular weight is 574 g/mol. The maximum Gasteiger partial charge on any atom is 0.416 e. The number of fused-ring (bicyclic) bond motifs is 6. The first-order chi connectivity index (χ1) is 19.3. The average Bonchev–Trinajstić information content (AvgIpc) is 3.58. The third kappa shape index (κ3) is 4.09. The van der Waals surface area contributed by atoms with Crippen LogP contribution in [0.2, 0.25) is 0 Å². The number of benzene rings is 2. The molecule has 3 fully saturated rings. The predicted octanol–water partition coefficient (Wildman–Crippen LogP) is 4.97. The van der Waals surface area contributed by atoms with Crippen LogP contribution in [0.15, 0.2) is 48.7 Å². The van der Waals surface area contributed by atoms with Gasteiger partial charge in [-0.1, -0.05) is 0 Å². The number of imide groups is 1. The van der Waals surface area contributed by atoms with E-state index in [9.17, 15) is 46.0 Å². The van der Waals surface area contributed by atoms with Crippen molar-refractivity contribution >= 4 is 40.2 Å². The van der Waals surface area contributed by atoms with Crippen LogP contribution in [-0.4, -0.2) is 57.4 Å². The Morgan fingerprint density at radius 2 is 1.71 bits per heavy atom. The number of nitrogens with one attached hydrogen (secondary N) is 1. The summed E-state index contributed by atoms with van der Waals surface area (Å²) in [7, 11) is 0. The number of alkyl halides is 6. The van der Waals surface area contributed by atoms with Gasteiger partial charge in [-0.15, -0.1) is 0 Å². The summed E-state index contributed by atoms with van der Waals surface area (Å²) in [4.78, 5) is 47.7. The molecule has 0 aliphatic carbocycles. The summed E-state index contributed by atoms with van der Waals surface area (Å²) >= 11 is 0. The Morgan fingerprint density at radius 3 is 2.34 bits per heavy atom. The lowest BCUT2D eigenvalue weighted by atomic mass is 10.1. The number of carbonyl (C=O) groups excluding carboxylic acids is 3. The monoisotopic (exact) mass is 574 g/mol. The molecule has 1 aromatic heterocycles. The molecule has 2 bridgehead atoms. The number of aromatic nitrogens is 1. The van der Waals surface area contributed by atoms with Crippen molar-refractivity contribution in [1.82, 2.24) is 14.8 Å². The minimum absolute atomic E-state index is 0.0505. The summed E-state index contributed by atoms with van der Waals surface area (Å²) in [6.45, 7) is -0.0827. The van der Waals surface area contributed by atoms with Crippen molar-refractivity contribution < 1.29 is 40.7 Å². The lowest BCUT2D eigenvalue weighted by molar-refractivity contribution is -0.143. The van der Waals surface area contributed by atoms with Gasteiger partial charge < -0.3 is 15.1 Å².